The van der Waals surface area contributed by atoms with Gasteiger partial charge in [0.15, 0.2) is 5.82 Å². The lowest BCUT2D eigenvalue weighted by Crippen LogP contribution is -2.47. The van der Waals surface area contributed by atoms with Crippen molar-refractivity contribution in [2.24, 2.45) is 0 Å². The summed E-state index contributed by atoms with van der Waals surface area (Å²) in [7, 11) is 1.82. The predicted molar refractivity (Wildman–Crippen MR) is 132 cm³/mol. The molecule has 0 spiro atoms. The van der Waals surface area contributed by atoms with Gasteiger partial charge in [-0.2, -0.15) is 4.98 Å². The number of fused-ring (bicyclic) bond motifs is 1. The quantitative estimate of drug-likeness (QED) is 0.635. The van der Waals surface area contributed by atoms with Gasteiger partial charge in [0.25, 0.3) is 0 Å². The Bertz CT molecular complexity index is 1070. The van der Waals surface area contributed by atoms with Crippen molar-refractivity contribution in [2.45, 2.75) is 30.2 Å². The SMILES string of the molecule is CN1C[C@@H](Nc2nc(N3CCN(c4ccc(Cl)c(Cl)c4)CC3)nc3c2[S+]([O-])CC3)CCC1=O. The zero-order chi connectivity index (χ0) is 23.1. The Labute approximate surface area is 206 Å². The van der Waals surface area contributed by atoms with E-state index < -0.39 is 11.2 Å². The second-order valence-electron chi connectivity index (χ2n) is 8.67. The highest BCUT2D eigenvalue weighted by Gasteiger charge is 2.35. The average Bonchev–Trinajstić information content (AvgIpc) is 3.19. The van der Waals surface area contributed by atoms with Gasteiger partial charge < -0.3 is 24.6 Å². The number of aryl methyl sites for hydroxylation is 1. The average molecular weight is 509 g/mol. The number of anilines is 3. The number of aromatic nitrogens is 2. The molecule has 33 heavy (non-hydrogen) atoms. The molecule has 0 aliphatic carbocycles. The van der Waals surface area contributed by atoms with Gasteiger partial charge in [0.05, 0.1) is 10.0 Å². The van der Waals surface area contributed by atoms with Gasteiger partial charge >= 0.3 is 0 Å². The highest BCUT2D eigenvalue weighted by molar-refractivity contribution is 7.91. The van der Waals surface area contributed by atoms with Crippen molar-refractivity contribution < 1.29 is 9.35 Å². The molecule has 176 valence electrons. The lowest BCUT2D eigenvalue weighted by Gasteiger charge is -2.36. The Morgan fingerprint density at radius 1 is 1.09 bits per heavy atom. The van der Waals surface area contributed by atoms with Crippen LogP contribution in [0.4, 0.5) is 17.5 Å². The summed E-state index contributed by atoms with van der Waals surface area (Å²) in [5.41, 5.74) is 1.92. The Kier molecular flexibility index (Phi) is 6.48. The van der Waals surface area contributed by atoms with E-state index in [9.17, 15) is 9.35 Å². The first-order valence-corrected chi connectivity index (χ1v) is 13.2. The molecule has 1 aromatic heterocycles. The van der Waals surface area contributed by atoms with Gasteiger partial charge in [0.2, 0.25) is 16.8 Å². The van der Waals surface area contributed by atoms with Crippen LogP contribution in [0.15, 0.2) is 23.1 Å². The third-order valence-electron chi connectivity index (χ3n) is 6.47. The van der Waals surface area contributed by atoms with E-state index >= 15 is 0 Å². The Hall–Kier alpha value is -1.94. The highest BCUT2D eigenvalue weighted by atomic mass is 35.5. The molecule has 1 unspecified atom stereocenters. The summed E-state index contributed by atoms with van der Waals surface area (Å²) in [6, 6.07) is 5.79. The minimum absolute atomic E-state index is 0.0867. The van der Waals surface area contributed by atoms with Gasteiger partial charge in [-0.05, 0) is 35.8 Å². The number of halogens is 2. The first-order valence-electron chi connectivity index (χ1n) is 11.1. The maximum atomic E-state index is 12.7. The van der Waals surface area contributed by atoms with Crippen molar-refractivity contribution in [3.05, 3.63) is 33.9 Å². The van der Waals surface area contributed by atoms with Crippen molar-refractivity contribution in [1.29, 1.82) is 0 Å². The number of rotatable bonds is 4. The van der Waals surface area contributed by atoms with E-state index in [0.717, 1.165) is 48.9 Å². The number of amides is 1. The van der Waals surface area contributed by atoms with Crippen LogP contribution in [0.25, 0.3) is 0 Å². The van der Waals surface area contributed by atoms with Crippen LogP contribution in [0.1, 0.15) is 18.5 Å². The molecule has 0 bridgehead atoms. The van der Waals surface area contributed by atoms with E-state index in [1.54, 1.807) is 4.90 Å². The standard InChI is InChI=1S/C22H26Cl2N6O2S/c1-28-13-14(2-5-19(28)31)25-21-20-18(6-11-33(20)32)26-22(27-21)30-9-7-29(8-10-30)15-3-4-16(23)17(24)12-15/h3-4,12,14H,2,5-11,13H2,1H3,(H,25,26,27)/t14-,33?/m0/s1. The van der Waals surface area contributed by atoms with E-state index in [-0.39, 0.29) is 11.9 Å². The molecule has 3 aliphatic rings. The van der Waals surface area contributed by atoms with Crippen LogP contribution in [-0.4, -0.2) is 76.9 Å². The third-order valence-corrected chi connectivity index (χ3v) is 8.67. The Morgan fingerprint density at radius 2 is 1.85 bits per heavy atom. The minimum Gasteiger partial charge on any atom is -0.611 e. The number of hydrogen-bond donors (Lipinski definition) is 1. The normalized spacial score (nSPS) is 23.2. The molecule has 0 radical (unpaired) electrons. The fourth-order valence-corrected chi connectivity index (χ4v) is 6.20. The topological polar surface area (TPSA) is 87.7 Å². The van der Waals surface area contributed by atoms with Crippen molar-refractivity contribution in [3.8, 4) is 0 Å². The maximum Gasteiger partial charge on any atom is 0.228 e. The van der Waals surface area contributed by atoms with Crippen molar-refractivity contribution in [2.75, 3.05) is 60.6 Å². The third kappa shape index (κ3) is 4.69. The van der Waals surface area contributed by atoms with Crippen LogP contribution in [-0.2, 0) is 22.4 Å². The van der Waals surface area contributed by atoms with Gasteiger partial charge in [-0.1, -0.05) is 23.2 Å². The fraction of sp³-hybridized carbons (Fsp3) is 0.500. The van der Waals surface area contributed by atoms with E-state index in [1.165, 1.54) is 0 Å². The molecule has 2 atom stereocenters. The Morgan fingerprint density at radius 3 is 2.58 bits per heavy atom. The van der Waals surface area contributed by atoms with Crippen molar-refractivity contribution in [3.63, 3.8) is 0 Å². The molecule has 3 aliphatic heterocycles. The number of carbonyl (C=O) groups is 1. The summed E-state index contributed by atoms with van der Waals surface area (Å²) in [6.07, 6.45) is 1.94. The summed E-state index contributed by atoms with van der Waals surface area (Å²) in [4.78, 5) is 28.4. The summed E-state index contributed by atoms with van der Waals surface area (Å²) in [5, 5.41) is 4.59. The van der Waals surface area contributed by atoms with Crippen LogP contribution < -0.4 is 15.1 Å². The van der Waals surface area contributed by atoms with E-state index in [1.807, 2.05) is 25.2 Å². The molecule has 4 heterocycles. The van der Waals surface area contributed by atoms with Crippen LogP contribution >= 0.6 is 23.2 Å². The number of likely N-dealkylation sites (N-methyl/N-ethyl adjacent to an activating group) is 1. The predicted octanol–water partition coefficient (Wildman–Crippen LogP) is 2.81. The molecule has 1 aromatic carbocycles. The number of hydrogen-bond acceptors (Lipinski definition) is 7. The van der Waals surface area contributed by atoms with E-state index in [4.69, 9.17) is 33.2 Å². The molecule has 2 fully saturated rings. The zero-order valence-corrected chi connectivity index (χ0v) is 20.7. The second-order valence-corrected chi connectivity index (χ2v) is 11.0. The Balaban J connectivity index is 1.33. The van der Waals surface area contributed by atoms with Crippen LogP contribution in [0.2, 0.25) is 10.0 Å². The molecular weight excluding hydrogens is 483 g/mol. The van der Waals surface area contributed by atoms with Gasteiger partial charge in [-0.3, -0.25) is 4.79 Å². The number of carbonyl (C=O) groups excluding carboxylic acids is 1. The smallest absolute Gasteiger partial charge is 0.228 e. The molecule has 2 saturated heterocycles. The lowest BCUT2D eigenvalue weighted by molar-refractivity contribution is -0.132. The van der Waals surface area contributed by atoms with E-state index in [0.29, 0.717) is 47.0 Å². The molecule has 8 nitrogen and oxygen atoms in total. The summed E-state index contributed by atoms with van der Waals surface area (Å²) >= 11 is 11.2. The molecule has 1 amide bonds. The lowest BCUT2D eigenvalue weighted by atomic mass is 10.1. The molecule has 5 rings (SSSR count). The molecule has 11 heteroatoms. The number of likely N-dealkylation sites (tertiary alicyclic amines) is 1. The van der Waals surface area contributed by atoms with Crippen LogP contribution in [0, 0.1) is 0 Å². The fourth-order valence-electron chi connectivity index (χ4n) is 4.59. The monoisotopic (exact) mass is 508 g/mol. The summed E-state index contributed by atoms with van der Waals surface area (Å²) in [6.45, 7) is 3.76. The highest BCUT2D eigenvalue weighted by Crippen LogP contribution is 2.34. The van der Waals surface area contributed by atoms with Crippen molar-refractivity contribution in [1.82, 2.24) is 14.9 Å². The number of nitrogens with zero attached hydrogens (tertiary/aromatic N) is 5. The maximum absolute atomic E-state index is 12.7. The van der Waals surface area contributed by atoms with Crippen molar-refractivity contribution >= 4 is 57.7 Å². The molecule has 2 aromatic rings. The molecule has 0 saturated carbocycles. The second kappa shape index (κ2) is 9.37. The van der Waals surface area contributed by atoms with Gasteiger partial charge in [-0.25, -0.2) is 4.98 Å². The summed E-state index contributed by atoms with van der Waals surface area (Å²) < 4.78 is 12.7. The number of piperidine rings is 1. The largest absolute Gasteiger partial charge is 0.611 e. The molecular formula is C22H26Cl2N6O2S. The zero-order valence-electron chi connectivity index (χ0n) is 18.4. The number of nitrogens with one attached hydrogen (secondary N) is 1. The minimum atomic E-state index is -1.10. The van der Waals surface area contributed by atoms with Gasteiger partial charge in [-0.15, -0.1) is 0 Å². The molecule has 1 N–H and O–H groups in total. The van der Waals surface area contributed by atoms with Gasteiger partial charge in [0.1, 0.15) is 11.4 Å². The number of benzene rings is 1. The van der Waals surface area contributed by atoms with E-state index in [2.05, 4.69) is 15.1 Å². The summed E-state index contributed by atoms with van der Waals surface area (Å²) in [5.74, 6) is 2.07. The number of piperazine rings is 1. The van der Waals surface area contributed by atoms with Crippen LogP contribution in [0.5, 0.6) is 0 Å². The first-order chi connectivity index (χ1) is 15.9. The first kappa shape index (κ1) is 22.8. The van der Waals surface area contributed by atoms with Crippen LogP contribution in [0.3, 0.4) is 0 Å². The van der Waals surface area contributed by atoms with Gasteiger partial charge in [0, 0.05) is 64.3 Å².